The highest BCUT2D eigenvalue weighted by atomic mass is 32.2. The fourth-order valence-corrected chi connectivity index (χ4v) is 1.67. The summed E-state index contributed by atoms with van der Waals surface area (Å²) in [6.07, 6.45) is 1.74. The Hall–Kier alpha value is -1.22. The van der Waals surface area contributed by atoms with Crippen LogP contribution in [0.15, 0.2) is 30.8 Å². The predicted molar refractivity (Wildman–Crippen MR) is 69.8 cm³/mol. The lowest BCUT2D eigenvalue weighted by Gasteiger charge is -2.04. The third-order valence-corrected chi connectivity index (χ3v) is 2.91. The molecule has 1 aromatic rings. The van der Waals surface area contributed by atoms with Crippen LogP contribution in [0.1, 0.15) is 22.8 Å². The Morgan fingerprint density at radius 1 is 1.44 bits per heavy atom. The van der Waals surface area contributed by atoms with Crippen LogP contribution in [0, 0.1) is 0 Å². The van der Waals surface area contributed by atoms with Crippen LogP contribution in [-0.2, 0) is 4.74 Å². The third kappa shape index (κ3) is 4.11. The number of hydrogen-bond acceptors (Lipinski definition) is 3. The van der Waals surface area contributed by atoms with Crippen molar-refractivity contribution in [3.63, 3.8) is 0 Å². The van der Waals surface area contributed by atoms with Gasteiger partial charge in [0.1, 0.15) is 6.61 Å². The van der Waals surface area contributed by atoms with Crippen molar-refractivity contribution in [3.8, 4) is 0 Å². The summed E-state index contributed by atoms with van der Waals surface area (Å²) in [7, 11) is 0. The molecule has 0 spiro atoms. The van der Waals surface area contributed by atoms with E-state index in [0.717, 1.165) is 17.1 Å². The SMILES string of the molecule is C=Cc1ccc(C(=O)OCCSCC)cc1. The van der Waals surface area contributed by atoms with Crippen LogP contribution in [0.5, 0.6) is 0 Å². The van der Waals surface area contributed by atoms with Crippen molar-refractivity contribution in [3.05, 3.63) is 42.0 Å². The van der Waals surface area contributed by atoms with Gasteiger partial charge in [-0.3, -0.25) is 0 Å². The Morgan fingerprint density at radius 3 is 2.69 bits per heavy atom. The van der Waals surface area contributed by atoms with Crippen LogP contribution < -0.4 is 0 Å². The summed E-state index contributed by atoms with van der Waals surface area (Å²) in [5.74, 6) is 1.64. The lowest BCUT2D eigenvalue weighted by atomic mass is 10.1. The zero-order chi connectivity index (χ0) is 11.8. The van der Waals surface area contributed by atoms with E-state index in [2.05, 4.69) is 13.5 Å². The van der Waals surface area contributed by atoms with E-state index in [4.69, 9.17) is 4.74 Å². The minimum Gasteiger partial charge on any atom is -0.461 e. The molecule has 0 N–H and O–H groups in total. The second-order valence-electron chi connectivity index (χ2n) is 3.16. The molecular formula is C13H16O2S. The lowest BCUT2D eigenvalue weighted by Crippen LogP contribution is -2.07. The molecule has 0 saturated carbocycles. The first-order valence-electron chi connectivity index (χ1n) is 5.25. The van der Waals surface area contributed by atoms with Gasteiger partial charge in [0, 0.05) is 5.75 Å². The van der Waals surface area contributed by atoms with Gasteiger partial charge in [0.25, 0.3) is 0 Å². The maximum atomic E-state index is 11.6. The molecule has 0 unspecified atom stereocenters. The van der Waals surface area contributed by atoms with E-state index >= 15 is 0 Å². The van der Waals surface area contributed by atoms with E-state index in [-0.39, 0.29) is 5.97 Å². The topological polar surface area (TPSA) is 26.3 Å². The van der Waals surface area contributed by atoms with E-state index in [1.54, 1.807) is 30.0 Å². The van der Waals surface area contributed by atoms with Gasteiger partial charge in [0.05, 0.1) is 5.56 Å². The molecule has 0 bridgehead atoms. The van der Waals surface area contributed by atoms with Crippen molar-refractivity contribution in [2.45, 2.75) is 6.92 Å². The smallest absolute Gasteiger partial charge is 0.338 e. The minimum atomic E-state index is -0.257. The van der Waals surface area contributed by atoms with Gasteiger partial charge in [0.15, 0.2) is 0 Å². The molecule has 3 heteroatoms. The van der Waals surface area contributed by atoms with Gasteiger partial charge >= 0.3 is 5.97 Å². The fourth-order valence-electron chi connectivity index (χ4n) is 1.18. The Labute approximate surface area is 101 Å². The van der Waals surface area contributed by atoms with Gasteiger partial charge in [-0.2, -0.15) is 11.8 Å². The molecule has 0 atom stereocenters. The van der Waals surface area contributed by atoms with Crippen molar-refractivity contribution >= 4 is 23.8 Å². The first-order chi connectivity index (χ1) is 7.77. The van der Waals surface area contributed by atoms with Crippen LogP contribution >= 0.6 is 11.8 Å². The Morgan fingerprint density at radius 2 is 2.12 bits per heavy atom. The maximum absolute atomic E-state index is 11.6. The third-order valence-electron chi connectivity index (χ3n) is 2.05. The summed E-state index contributed by atoms with van der Waals surface area (Å²) in [4.78, 5) is 11.6. The van der Waals surface area contributed by atoms with Crippen molar-refractivity contribution in [2.75, 3.05) is 18.1 Å². The van der Waals surface area contributed by atoms with Crippen molar-refractivity contribution in [1.82, 2.24) is 0 Å². The number of carbonyl (C=O) groups is 1. The largest absolute Gasteiger partial charge is 0.461 e. The van der Waals surface area contributed by atoms with E-state index in [1.165, 1.54) is 0 Å². The Bertz CT molecular complexity index is 343. The van der Waals surface area contributed by atoms with E-state index < -0.39 is 0 Å². The molecule has 16 heavy (non-hydrogen) atoms. The Kier molecular flexibility index (Phi) is 5.72. The average Bonchev–Trinajstić information content (AvgIpc) is 2.34. The summed E-state index contributed by atoms with van der Waals surface area (Å²) in [6, 6.07) is 7.22. The molecule has 0 fully saturated rings. The number of rotatable bonds is 6. The first kappa shape index (κ1) is 12.8. The number of thioether (sulfide) groups is 1. The molecule has 0 aliphatic carbocycles. The number of ether oxygens (including phenoxy) is 1. The molecular weight excluding hydrogens is 220 g/mol. The molecule has 1 rings (SSSR count). The molecule has 0 amide bonds. The van der Waals surface area contributed by atoms with E-state index in [9.17, 15) is 4.79 Å². The zero-order valence-corrected chi connectivity index (χ0v) is 10.3. The molecule has 0 heterocycles. The van der Waals surface area contributed by atoms with Crippen LogP contribution in [0.2, 0.25) is 0 Å². The summed E-state index contributed by atoms with van der Waals surface area (Å²) >= 11 is 1.76. The van der Waals surface area contributed by atoms with Gasteiger partial charge in [-0.25, -0.2) is 4.79 Å². The van der Waals surface area contributed by atoms with E-state index in [0.29, 0.717) is 12.2 Å². The molecule has 0 radical (unpaired) electrons. The second-order valence-corrected chi connectivity index (χ2v) is 4.55. The van der Waals surface area contributed by atoms with E-state index in [1.807, 2.05) is 12.1 Å². The molecule has 86 valence electrons. The first-order valence-corrected chi connectivity index (χ1v) is 6.40. The van der Waals surface area contributed by atoms with Gasteiger partial charge in [-0.15, -0.1) is 0 Å². The quantitative estimate of drug-likeness (QED) is 0.560. The van der Waals surface area contributed by atoms with Gasteiger partial charge in [0.2, 0.25) is 0 Å². The normalized spacial score (nSPS) is 9.81. The second kappa shape index (κ2) is 7.12. The van der Waals surface area contributed by atoms with Crippen molar-refractivity contribution in [1.29, 1.82) is 0 Å². The molecule has 0 aliphatic heterocycles. The zero-order valence-electron chi connectivity index (χ0n) is 9.44. The molecule has 0 aromatic heterocycles. The summed E-state index contributed by atoms with van der Waals surface area (Å²) in [5.41, 5.74) is 1.59. The van der Waals surface area contributed by atoms with Crippen LogP contribution in [0.25, 0.3) is 6.08 Å². The number of hydrogen-bond donors (Lipinski definition) is 0. The number of carbonyl (C=O) groups excluding carboxylic acids is 1. The fraction of sp³-hybridized carbons (Fsp3) is 0.308. The number of esters is 1. The highest BCUT2D eigenvalue weighted by molar-refractivity contribution is 7.99. The number of benzene rings is 1. The molecule has 0 saturated heterocycles. The highest BCUT2D eigenvalue weighted by Crippen LogP contribution is 2.07. The summed E-state index contributed by atoms with van der Waals surface area (Å²) in [6.45, 7) is 6.21. The molecule has 0 aliphatic rings. The Balaban J connectivity index is 2.43. The predicted octanol–water partition coefficient (Wildman–Crippen LogP) is 3.24. The lowest BCUT2D eigenvalue weighted by molar-refractivity contribution is 0.0530. The van der Waals surface area contributed by atoms with Crippen LogP contribution in [0.4, 0.5) is 0 Å². The van der Waals surface area contributed by atoms with Gasteiger partial charge in [-0.05, 0) is 23.4 Å². The van der Waals surface area contributed by atoms with Crippen LogP contribution in [-0.4, -0.2) is 24.1 Å². The monoisotopic (exact) mass is 236 g/mol. The highest BCUT2D eigenvalue weighted by Gasteiger charge is 2.05. The van der Waals surface area contributed by atoms with Crippen molar-refractivity contribution < 1.29 is 9.53 Å². The summed E-state index contributed by atoms with van der Waals surface area (Å²) in [5, 5.41) is 0. The minimum absolute atomic E-state index is 0.257. The maximum Gasteiger partial charge on any atom is 0.338 e. The molecule has 2 nitrogen and oxygen atoms in total. The van der Waals surface area contributed by atoms with Crippen molar-refractivity contribution in [2.24, 2.45) is 0 Å². The van der Waals surface area contributed by atoms with Crippen LogP contribution in [0.3, 0.4) is 0 Å². The average molecular weight is 236 g/mol. The summed E-state index contributed by atoms with van der Waals surface area (Å²) < 4.78 is 5.12. The van der Waals surface area contributed by atoms with Gasteiger partial charge < -0.3 is 4.74 Å². The standard InChI is InChI=1S/C13H16O2S/c1-3-11-5-7-12(8-6-11)13(14)15-9-10-16-4-2/h3,5-8H,1,4,9-10H2,2H3. The van der Waals surface area contributed by atoms with Gasteiger partial charge in [-0.1, -0.05) is 31.7 Å². The molecule has 1 aromatic carbocycles.